The largest absolute Gasteiger partial charge is 0.454 e. The van der Waals surface area contributed by atoms with Crippen LogP contribution in [0.15, 0.2) is 42.9 Å². The second-order valence-corrected chi connectivity index (χ2v) is 9.06. The Labute approximate surface area is 183 Å². The van der Waals surface area contributed by atoms with Crippen LogP contribution in [0.25, 0.3) is 10.6 Å². The summed E-state index contributed by atoms with van der Waals surface area (Å²) in [6.07, 6.45) is 7.70. The molecule has 0 saturated carbocycles. The van der Waals surface area contributed by atoms with Gasteiger partial charge in [0.15, 0.2) is 11.5 Å². The van der Waals surface area contributed by atoms with Gasteiger partial charge in [0.2, 0.25) is 6.79 Å². The fraction of sp³-hybridized carbons (Fsp3) is 0.348. The maximum Gasteiger partial charge on any atom is 0.253 e. The lowest BCUT2D eigenvalue weighted by Crippen LogP contribution is -2.47. The maximum atomic E-state index is 13.1. The molecule has 3 aliphatic heterocycles. The average molecular weight is 436 g/mol. The monoisotopic (exact) mass is 435 g/mol. The molecule has 0 unspecified atom stereocenters. The highest BCUT2D eigenvalue weighted by Gasteiger charge is 2.43. The Morgan fingerprint density at radius 2 is 1.97 bits per heavy atom. The summed E-state index contributed by atoms with van der Waals surface area (Å²) in [6.45, 7) is 2.23. The van der Waals surface area contributed by atoms with Gasteiger partial charge in [0, 0.05) is 35.9 Å². The molecule has 0 bridgehead atoms. The second kappa shape index (κ2) is 7.32. The molecule has 1 aromatic carbocycles. The third-order valence-electron chi connectivity index (χ3n) is 6.27. The van der Waals surface area contributed by atoms with E-state index in [1.165, 1.54) is 10.4 Å². The van der Waals surface area contributed by atoms with Crippen molar-refractivity contribution in [2.75, 3.05) is 26.5 Å². The molecular formula is C23H21N3O4S. The Hall–Kier alpha value is -2.97. The molecule has 1 spiro atoms. The van der Waals surface area contributed by atoms with Gasteiger partial charge in [0.05, 0.1) is 23.4 Å². The number of thiophene rings is 1. The highest BCUT2D eigenvalue weighted by atomic mass is 32.1. The summed E-state index contributed by atoms with van der Waals surface area (Å²) in [5.41, 5.74) is 2.55. The zero-order valence-electron chi connectivity index (χ0n) is 16.9. The Morgan fingerprint density at radius 1 is 1.10 bits per heavy atom. The Balaban J connectivity index is 1.22. The summed E-state index contributed by atoms with van der Waals surface area (Å²) in [6, 6.07) is 7.62. The van der Waals surface area contributed by atoms with Crippen LogP contribution >= 0.6 is 11.3 Å². The number of ether oxygens (including phenoxy) is 3. The van der Waals surface area contributed by atoms with Crippen LogP contribution in [0, 0.1) is 0 Å². The lowest BCUT2D eigenvalue weighted by molar-refractivity contribution is -0.0906. The van der Waals surface area contributed by atoms with Gasteiger partial charge in [-0.1, -0.05) is 0 Å². The van der Waals surface area contributed by atoms with Crippen molar-refractivity contribution in [3.8, 4) is 22.1 Å². The van der Waals surface area contributed by atoms with Crippen LogP contribution < -0.4 is 9.47 Å². The Bertz CT molecular complexity index is 1140. The highest BCUT2D eigenvalue weighted by molar-refractivity contribution is 7.15. The lowest BCUT2D eigenvalue weighted by atomic mass is 9.85. The number of carbonyl (C=O) groups is 1. The summed E-state index contributed by atoms with van der Waals surface area (Å²) >= 11 is 1.75. The normalized spacial score (nSPS) is 18.8. The molecule has 0 N–H and O–H groups in total. The molecule has 1 amide bonds. The first-order valence-electron chi connectivity index (χ1n) is 10.4. The van der Waals surface area contributed by atoms with Crippen LogP contribution in [-0.4, -0.2) is 47.3 Å². The van der Waals surface area contributed by atoms with E-state index in [0.717, 1.165) is 29.8 Å². The third kappa shape index (κ3) is 3.18. The van der Waals surface area contributed by atoms with E-state index in [9.17, 15) is 4.79 Å². The standard InChI is InChI=1S/C23H21N3O4S/c27-22(16-1-2-18-19(11-16)29-14-28-18)26-8-4-23(5-9-26)21-15(3-10-30-23)12-20(31-21)17-13-24-6-7-25-17/h1-2,6-7,11-13H,3-5,8-10,14H2. The van der Waals surface area contributed by atoms with Crippen molar-refractivity contribution in [2.24, 2.45) is 0 Å². The van der Waals surface area contributed by atoms with Gasteiger partial charge in [0.1, 0.15) is 5.60 Å². The summed E-state index contributed by atoms with van der Waals surface area (Å²) in [4.78, 5) is 26.1. The van der Waals surface area contributed by atoms with Gasteiger partial charge in [-0.3, -0.25) is 14.8 Å². The van der Waals surface area contributed by atoms with Crippen LogP contribution in [0.1, 0.15) is 33.6 Å². The van der Waals surface area contributed by atoms with Crippen molar-refractivity contribution in [2.45, 2.75) is 24.9 Å². The molecule has 1 saturated heterocycles. The summed E-state index contributed by atoms with van der Waals surface area (Å²) < 4.78 is 17.1. The van der Waals surface area contributed by atoms with Crippen molar-refractivity contribution >= 4 is 17.2 Å². The molecule has 31 heavy (non-hydrogen) atoms. The van der Waals surface area contributed by atoms with E-state index in [1.807, 2.05) is 11.0 Å². The minimum Gasteiger partial charge on any atom is -0.454 e. The number of rotatable bonds is 2. The van der Waals surface area contributed by atoms with Gasteiger partial charge in [-0.05, 0) is 49.1 Å². The topological polar surface area (TPSA) is 73.8 Å². The van der Waals surface area contributed by atoms with Crippen molar-refractivity contribution in [3.05, 3.63) is 58.9 Å². The van der Waals surface area contributed by atoms with Crippen molar-refractivity contribution in [3.63, 3.8) is 0 Å². The van der Waals surface area contributed by atoms with Gasteiger partial charge in [0.25, 0.3) is 5.91 Å². The van der Waals surface area contributed by atoms with E-state index in [2.05, 4.69) is 16.0 Å². The van der Waals surface area contributed by atoms with E-state index >= 15 is 0 Å². The van der Waals surface area contributed by atoms with E-state index in [1.54, 1.807) is 42.1 Å². The SMILES string of the molecule is O=C(c1ccc2c(c1)OCO2)N1CCC2(CC1)OCCc1cc(-c3cnccn3)sc12. The lowest BCUT2D eigenvalue weighted by Gasteiger charge is -2.43. The second-order valence-electron chi connectivity index (χ2n) is 8.01. The zero-order valence-corrected chi connectivity index (χ0v) is 17.7. The summed E-state index contributed by atoms with van der Waals surface area (Å²) in [5.74, 6) is 1.35. The molecule has 7 nitrogen and oxygen atoms in total. The zero-order chi connectivity index (χ0) is 20.8. The number of carbonyl (C=O) groups excluding carboxylic acids is 1. The van der Waals surface area contributed by atoms with E-state index < -0.39 is 0 Å². The Morgan fingerprint density at radius 3 is 2.81 bits per heavy atom. The predicted octanol–water partition coefficient (Wildman–Crippen LogP) is 3.64. The molecule has 0 radical (unpaired) electrons. The molecule has 2 aromatic heterocycles. The van der Waals surface area contributed by atoms with E-state index in [0.29, 0.717) is 36.8 Å². The molecule has 3 aromatic rings. The van der Waals surface area contributed by atoms with Crippen molar-refractivity contribution in [1.29, 1.82) is 0 Å². The smallest absolute Gasteiger partial charge is 0.253 e. The Kier molecular flexibility index (Phi) is 4.43. The minimum atomic E-state index is -0.315. The number of amides is 1. The van der Waals surface area contributed by atoms with E-state index in [4.69, 9.17) is 14.2 Å². The van der Waals surface area contributed by atoms with Crippen molar-refractivity contribution in [1.82, 2.24) is 14.9 Å². The number of benzene rings is 1. The number of aromatic nitrogens is 2. The van der Waals surface area contributed by atoms with Crippen LogP contribution in [0.2, 0.25) is 0 Å². The van der Waals surface area contributed by atoms with Gasteiger partial charge < -0.3 is 19.1 Å². The molecule has 0 atom stereocenters. The van der Waals surface area contributed by atoms with Gasteiger partial charge >= 0.3 is 0 Å². The van der Waals surface area contributed by atoms with Crippen LogP contribution in [0.5, 0.6) is 11.5 Å². The first-order valence-corrected chi connectivity index (χ1v) is 11.3. The van der Waals surface area contributed by atoms with E-state index in [-0.39, 0.29) is 18.3 Å². The number of piperidine rings is 1. The summed E-state index contributed by atoms with van der Waals surface area (Å²) in [5, 5.41) is 0. The molecule has 0 aliphatic carbocycles. The third-order valence-corrected chi connectivity index (χ3v) is 7.65. The highest BCUT2D eigenvalue weighted by Crippen LogP contribution is 2.47. The van der Waals surface area contributed by atoms with Gasteiger partial charge in [-0.25, -0.2) is 0 Å². The van der Waals surface area contributed by atoms with Crippen LogP contribution in [0.3, 0.4) is 0 Å². The first-order chi connectivity index (χ1) is 15.2. The van der Waals surface area contributed by atoms with Crippen LogP contribution in [0.4, 0.5) is 0 Å². The number of fused-ring (bicyclic) bond motifs is 3. The van der Waals surface area contributed by atoms with Gasteiger partial charge in [-0.2, -0.15) is 0 Å². The number of hydrogen-bond acceptors (Lipinski definition) is 7. The van der Waals surface area contributed by atoms with Gasteiger partial charge in [-0.15, -0.1) is 11.3 Å². The van der Waals surface area contributed by atoms with Crippen LogP contribution in [-0.2, 0) is 16.8 Å². The molecule has 1 fully saturated rings. The molecular weight excluding hydrogens is 414 g/mol. The minimum absolute atomic E-state index is 0.0237. The maximum absolute atomic E-state index is 13.1. The average Bonchev–Trinajstić information content (AvgIpc) is 3.47. The fourth-order valence-corrected chi connectivity index (χ4v) is 6.00. The molecule has 6 rings (SSSR count). The molecule has 5 heterocycles. The van der Waals surface area contributed by atoms with Crippen molar-refractivity contribution < 1.29 is 19.0 Å². The molecule has 3 aliphatic rings. The molecule has 8 heteroatoms. The number of likely N-dealkylation sites (tertiary alicyclic amines) is 1. The number of hydrogen-bond donors (Lipinski definition) is 0. The first kappa shape index (κ1) is 18.8. The molecule has 158 valence electrons. The fourth-order valence-electron chi connectivity index (χ4n) is 4.63. The predicted molar refractivity (Wildman–Crippen MR) is 114 cm³/mol. The summed E-state index contributed by atoms with van der Waals surface area (Å²) in [7, 11) is 0. The quantitative estimate of drug-likeness (QED) is 0.612. The number of nitrogens with zero attached hydrogens (tertiary/aromatic N) is 3.